The number of halogens is 1. The van der Waals surface area contributed by atoms with Gasteiger partial charge in [0, 0.05) is 17.7 Å². The van der Waals surface area contributed by atoms with Crippen molar-refractivity contribution in [3.8, 4) is 0 Å². The second kappa shape index (κ2) is 3.37. The maximum Gasteiger partial charge on any atom is 0.343 e. The molecule has 52 valence electrons. The largest absolute Gasteiger partial charge is 0.343 e. The van der Waals surface area contributed by atoms with Crippen molar-refractivity contribution in [3.63, 3.8) is 0 Å². The molecule has 2 heteroatoms. The number of allylic oxidation sites excluding steroid dienone is 5. The summed E-state index contributed by atoms with van der Waals surface area (Å²) >= 11 is 5.46. The first kappa shape index (κ1) is 7.29. The molecule has 0 aromatic rings. The summed E-state index contributed by atoms with van der Waals surface area (Å²) in [6.45, 7) is 0. The van der Waals surface area contributed by atoms with E-state index >= 15 is 0 Å². The first-order valence-electron chi connectivity index (χ1n) is 2.94. The first-order valence-corrected chi connectivity index (χ1v) is 3.38. The minimum atomic E-state index is 0.849. The molecule has 0 saturated heterocycles. The van der Waals surface area contributed by atoms with Gasteiger partial charge in [-0.05, 0) is 17.7 Å². The molecule has 0 heterocycles. The summed E-state index contributed by atoms with van der Waals surface area (Å²) in [6.07, 6.45) is 7.53. The van der Waals surface area contributed by atoms with Gasteiger partial charge in [0.2, 0.25) is 0 Å². The smallest absolute Gasteiger partial charge is 0.258 e. The maximum absolute atomic E-state index is 5.46. The van der Waals surface area contributed by atoms with Crippen molar-refractivity contribution < 1.29 is 4.42 Å². The van der Waals surface area contributed by atoms with E-state index in [0.717, 1.165) is 11.4 Å². The Hall–Kier alpha value is -0.820. The SMILES string of the molecule is C[O+]=C1C=CC(=CCl)C=C1. The summed E-state index contributed by atoms with van der Waals surface area (Å²) in [6, 6.07) is 0. The third-order valence-electron chi connectivity index (χ3n) is 1.24. The summed E-state index contributed by atoms with van der Waals surface area (Å²) in [4.78, 5) is 0. The van der Waals surface area contributed by atoms with Crippen molar-refractivity contribution in [3.05, 3.63) is 35.4 Å². The number of hydrogen-bond acceptors (Lipinski definition) is 0. The molecule has 1 nitrogen and oxygen atoms in total. The lowest BCUT2D eigenvalue weighted by Crippen LogP contribution is -1.94. The Morgan fingerprint density at radius 3 is 2.30 bits per heavy atom. The molecule has 0 amide bonds. The predicted octanol–water partition coefficient (Wildman–Crippen LogP) is 1.97. The van der Waals surface area contributed by atoms with Crippen LogP contribution in [0.5, 0.6) is 0 Å². The van der Waals surface area contributed by atoms with Crippen molar-refractivity contribution in [2.75, 3.05) is 7.11 Å². The first-order chi connectivity index (χ1) is 4.86. The molecule has 0 bridgehead atoms. The summed E-state index contributed by atoms with van der Waals surface area (Å²) in [5.74, 6) is 0.849. The molecular formula is C8H8ClO+. The van der Waals surface area contributed by atoms with Gasteiger partial charge in [-0.25, -0.2) is 0 Å². The van der Waals surface area contributed by atoms with E-state index in [-0.39, 0.29) is 0 Å². The number of carbonyl (C=O) groups excluding carboxylic acids is 1. The van der Waals surface area contributed by atoms with Crippen LogP contribution in [0.1, 0.15) is 0 Å². The van der Waals surface area contributed by atoms with Crippen molar-refractivity contribution in [1.82, 2.24) is 0 Å². The van der Waals surface area contributed by atoms with E-state index in [2.05, 4.69) is 0 Å². The fourth-order valence-electron chi connectivity index (χ4n) is 0.677. The van der Waals surface area contributed by atoms with Crippen molar-refractivity contribution >= 4 is 17.4 Å². The lowest BCUT2D eigenvalue weighted by molar-refractivity contribution is -0.417. The van der Waals surface area contributed by atoms with Gasteiger partial charge in [0.25, 0.3) is 7.11 Å². The van der Waals surface area contributed by atoms with Gasteiger partial charge in [-0.3, -0.25) is 4.42 Å². The van der Waals surface area contributed by atoms with Crippen LogP contribution >= 0.6 is 11.6 Å². The van der Waals surface area contributed by atoms with Crippen LogP contribution in [0.25, 0.3) is 0 Å². The Kier molecular flexibility index (Phi) is 2.46. The zero-order valence-electron chi connectivity index (χ0n) is 5.67. The molecule has 0 atom stereocenters. The maximum atomic E-state index is 5.46. The molecule has 0 N–H and O–H groups in total. The quantitative estimate of drug-likeness (QED) is 0.474. The van der Waals surface area contributed by atoms with Gasteiger partial charge in [0.1, 0.15) is 0 Å². The Morgan fingerprint density at radius 2 is 1.90 bits per heavy atom. The highest BCUT2D eigenvalue weighted by Crippen LogP contribution is 2.06. The Bertz CT molecular complexity index is 192. The van der Waals surface area contributed by atoms with Gasteiger partial charge in [-0.15, -0.1) is 0 Å². The third kappa shape index (κ3) is 1.58. The fraction of sp³-hybridized carbons (Fsp3) is 0.125. The molecule has 0 saturated carbocycles. The summed E-state index contributed by atoms with van der Waals surface area (Å²) < 4.78 is 4.96. The lowest BCUT2D eigenvalue weighted by atomic mass is 10.1. The fourth-order valence-corrected chi connectivity index (χ4v) is 0.822. The molecule has 1 rings (SSSR count). The minimum Gasteiger partial charge on any atom is -0.258 e. The van der Waals surface area contributed by atoms with Crippen molar-refractivity contribution in [2.24, 2.45) is 0 Å². The summed E-state index contributed by atoms with van der Waals surface area (Å²) in [5, 5.41) is 0. The number of ketones is 1. The predicted molar refractivity (Wildman–Crippen MR) is 43.1 cm³/mol. The average Bonchev–Trinajstić information content (AvgIpc) is 2.05. The molecule has 0 radical (unpaired) electrons. The van der Waals surface area contributed by atoms with Crippen LogP contribution in [0.4, 0.5) is 0 Å². The van der Waals surface area contributed by atoms with Crippen LogP contribution in [0.2, 0.25) is 0 Å². The topological polar surface area (TPSA) is 11.3 Å². The average molecular weight is 156 g/mol. The van der Waals surface area contributed by atoms with E-state index in [4.69, 9.17) is 16.0 Å². The Balaban J connectivity index is 2.81. The Morgan fingerprint density at radius 1 is 1.30 bits per heavy atom. The van der Waals surface area contributed by atoms with Gasteiger partial charge in [-0.1, -0.05) is 11.6 Å². The van der Waals surface area contributed by atoms with E-state index in [1.54, 1.807) is 7.11 Å². The van der Waals surface area contributed by atoms with Crippen LogP contribution in [0, 0.1) is 0 Å². The highest BCUT2D eigenvalue weighted by Gasteiger charge is 2.03. The van der Waals surface area contributed by atoms with Crippen molar-refractivity contribution in [2.45, 2.75) is 0 Å². The van der Waals surface area contributed by atoms with Crippen LogP contribution in [0.3, 0.4) is 0 Å². The van der Waals surface area contributed by atoms with Gasteiger partial charge in [-0.2, -0.15) is 0 Å². The van der Waals surface area contributed by atoms with E-state index in [0.29, 0.717) is 0 Å². The van der Waals surface area contributed by atoms with Gasteiger partial charge >= 0.3 is 5.78 Å². The second-order valence-corrected chi connectivity index (χ2v) is 2.10. The highest BCUT2D eigenvalue weighted by molar-refractivity contribution is 6.26. The molecule has 0 spiro atoms. The van der Waals surface area contributed by atoms with Crippen molar-refractivity contribution in [1.29, 1.82) is 0 Å². The molecule has 0 aliphatic heterocycles. The molecule has 1 aliphatic carbocycles. The number of hydrogen-bond donors (Lipinski definition) is 0. The zero-order valence-corrected chi connectivity index (χ0v) is 6.43. The molecule has 0 aromatic heterocycles. The molecule has 10 heavy (non-hydrogen) atoms. The molecule has 0 unspecified atom stereocenters. The van der Waals surface area contributed by atoms with E-state index in [1.165, 1.54) is 5.54 Å². The van der Waals surface area contributed by atoms with Gasteiger partial charge in [0.05, 0.1) is 0 Å². The lowest BCUT2D eigenvalue weighted by Gasteiger charge is -1.92. The van der Waals surface area contributed by atoms with Crippen LogP contribution in [-0.4, -0.2) is 12.9 Å². The Labute approximate surface area is 65.0 Å². The molecule has 1 aliphatic rings. The molecule has 0 fully saturated rings. The van der Waals surface area contributed by atoms with Crippen LogP contribution < -0.4 is 0 Å². The molecular weight excluding hydrogens is 148 g/mol. The zero-order chi connectivity index (χ0) is 7.40. The van der Waals surface area contributed by atoms with E-state index in [9.17, 15) is 0 Å². The minimum absolute atomic E-state index is 0.849. The standard InChI is InChI=1S/C8H8ClO/c1-10-8-4-2-7(6-9)3-5-8/h2-6H,1H3/q+1. The van der Waals surface area contributed by atoms with Crippen LogP contribution in [0.15, 0.2) is 35.4 Å². The molecule has 0 aromatic carbocycles. The summed E-state index contributed by atoms with van der Waals surface area (Å²) in [5.41, 5.74) is 2.52. The highest BCUT2D eigenvalue weighted by atomic mass is 35.5. The van der Waals surface area contributed by atoms with Crippen LogP contribution in [-0.2, 0) is 4.42 Å². The monoisotopic (exact) mass is 155 g/mol. The van der Waals surface area contributed by atoms with Gasteiger partial charge in [0.15, 0.2) is 0 Å². The second-order valence-electron chi connectivity index (χ2n) is 1.88. The number of rotatable bonds is 0. The normalized spacial score (nSPS) is 15.8. The third-order valence-corrected chi connectivity index (χ3v) is 1.49. The van der Waals surface area contributed by atoms with E-state index in [1.807, 2.05) is 24.3 Å². The summed E-state index contributed by atoms with van der Waals surface area (Å²) in [7, 11) is 1.64. The van der Waals surface area contributed by atoms with E-state index < -0.39 is 0 Å². The van der Waals surface area contributed by atoms with Gasteiger partial charge < -0.3 is 0 Å².